The van der Waals surface area contributed by atoms with Gasteiger partial charge in [-0.15, -0.1) is 0 Å². The standard InChI is InChI=1S/C17H20O2.C16H26O2/c1-13-5-4-6-16(12-13)18-9-10-19-17-8-7-14(2)11-15(17)3;1-4-6-7-15(5-2)12-17-13-18-16-10-8-14(3)9-11-16/h4-8,11-12H,9-10H2,1-3H3;8-11,15H,4-7,12-13H2,1-3H3. The third-order valence-corrected chi connectivity index (χ3v) is 6.16. The molecule has 202 valence electrons. The molecule has 3 aromatic carbocycles. The molecule has 0 heterocycles. The van der Waals surface area contributed by atoms with Crippen LogP contribution in [-0.2, 0) is 4.74 Å². The van der Waals surface area contributed by atoms with Crippen LogP contribution in [0, 0.1) is 33.6 Å². The summed E-state index contributed by atoms with van der Waals surface area (Å²) >= 11 is 0. The highest BCUT2D eigenvalue weighted by atomic mass is 16.7. The first-order chi connectivity index (χ1) is 17.9. The Kier molecular flexibility index (Phi) is 14.3. The molecule has 0 fully saturated rings. The highest BCUT2D eigenvalue weighted by molar-refractivity contribution is 5.35. The van der Waals surface area contributed by atoms with Gasteiger partial charge in [-0.25, -0.2) is 0 Å². The van der Waals surface area contributed by atoms with Crippen molar-refractivity contribution < 1.29 is 18.9 Å². The Morgan fingerprint density at radius 2 is 1.38 bits per heavy atom. The van der Waals surface area contributed by atoms with Gasteiger partial charge in [0.05, 0.1) is 6.61 Å². The second-order valence-corrected chi connectivity index (χ2v) is 9.64. The fourth-order valence-electron chi connectivity index (χ4n) is 3.83. The fourth-order valence-corrected chi connectivity index (χ4v) is 3.83. The van der Waals surface area contributed by atoms with Gasteiger partial charge in [0.1, 0.15) is 30.5 Å². The average Bonchev–Trinajstić information content (AvgIpc) is 2.89. The molecule has 1 unspecified atom stereocenters. The summed E-state index contributed by atoms with van der Waals surface area (Å²) in [4.78, 5) is 0. The van der Waals surface area contributed by atoms with Gasteiger partial charge in [-0.2, -0.15) is 0 Å². The molecule has 0 aromatic heterocycles. The summed E-state index contributed by atoms with van der Waals surface area (Å²) in [5.74, 6) is 3.37. The summed E-state index contributed by atoms with van der Waals surface area (Å²) in [6.45, 7) is 15.0. The van der Waals surface area contributed by atoms with E-state index in [1.54, 1.807) is 0 Å². The normalized spacial score (nSPS) is 11.3. The number of hydrogen-bond donors (Lipinski definition) is 0. The van der Waals surface area contributed by atoms with E-state index in [1.165, 1.54) is 42.4 Å². The summed E-state index contributed by atoms with van der Waals surface area (Å²) < 4.78 is 22.5. The molecule has 0 saturated carbocycles. The molecule has 3 aromatic rings. The second kappa shape index (κ2) is 17.5. The first kappa shape index (κ1) is 30.2. The van der Waals surface area contributed by atoms with Gasteiger partial charge >= 0.3 is 0 Å². The molecule has 1 atom stereocenters. The summed E-state index contributed by atoms with van der Waals surface area (Å²) in [5, 5.41) is 0. The van der Waals surface area contributed by atoms with Crippen molar-refractivity contribution in [2.24, 2.45) is 5.92 Å². The first-order valence-electron chi connectivity index (χ1n) is 13.6. The van der Waals surface area contributed by atoms with Gasteiger partial charge < -0.3 is 18.9 Å². The number of unbranched alkanes of at least 4 members (excludes halogenated alkanes) is 1. The minimum Gasteiger partial charge on any atom is -0.490 e. The SMILES string of the molecule is CCCCC(CC)COCOc1ccc(C)cc1.Cc1cccc(OCCOc2ccc(C)cc2C)c1. The molecule has 4 nitrogen and oxygen atoms in total. The minimum absolute atomic E-state index is 0.353. The largest absolute Gasteiger partial charge is 0.490 e. The predicted octanol–water partition coefficient (Wildman–Crippen LogP) is 8.63. The van der Waals surface area contributed by atoms with E-state index in [9.17, 15) is 0 Å². The van der Waals surface area contributed by atoms with Gasteiger partial charge in [-0.1, -0.05) is 80.6 Å². The topological polar surface area (TPSA) is 36.9 Å². The van der Waals surface area contributed by atoms with Crippen molar-refractivity contribution in [1.29, 1.82) is 0 Å². The molecule has 0 radical (unpaired) electrons. The van der Waals surface area contributed by atoms with Gasteiger partial charge in [0, 0.05) is 0 Å². The molecular formula is C33H46O4. The Labute approximate surface area is 224 Å². The lowest BCUT2D eigenvalue weighted by Gasteiger charge is -2.15. The van der Waals surface area contributed by atoms with Crippen molar-refractivity contribution in [2.75, 3.05) is 26.6 Å². The molecule has 0 saturated heterocycles. The summed E-state index contributed by atoms with van der Waals surface area (Å²) in [6.07, 6.45) is 5.00. The van der Waals surface area contributed by atoms with Gasteiger partial charge in [0.15, 0.2) is 6.79 Å². The Balaban J connectivity index is 0.000000261. The molecule has 3 rings (SSSR count). The van der Waals surface area contributed by atoms with Crippen molar-refractivity contribution in [3.8, 4) is 17.2 Å². The van der Waals surface area contributed by atoms with Crippen LogP contribution in [0.3, 0.4) is 0 Å². The van der Waals surface area contributed by atoms with Crippen molar-refractivity contribution in [3.63, 3.8) is 0 Å². The van der Waals surface area contributed by atoms with E-state index in [2.05, 4.69) is 59.7 Å². The lowest BCUT2D eigenvalue weighted by atomic mass is 10.0. The third kappa shape index (κ3) is 12.7. The average molecular weight is 507 g/mol. The molecular weight excluding hydrogens is 460 g/mol. The number of benzene rings is 3. The molecule has 0 spiro atoms. The highest BCUT2D eigenvalue weighted by Gasteiger charge is 2.06. The molecule has 4 heteroatoms. The molecule has 0 aliphatic carbocycles. The van der Waals surface area contributed by atoms with Crippen LogP contribution in [0.25, 0.3) is 0 Å². The van der Waals surface area contributed by atoms with Crippen molar-refractivity contribution in [2.45, 2.75) is 67.2 Å². The maximum absolute atomic E-state index is 5.72. The van der Waals surface area contributed by atoms with Gasteiger partial charge in [0.25, 0.3) is 0 Å². The first-order valence-corrected chi connectivity index (χ1v) is 13.6. The molecule has 0 N–H and O–H groups in total. The molecule has 37 heavy (non-hydrogen) atoms. The van der Waals surface area contributed by atoms with Crippen LogP contribution in [0.2, 0.25) is 0 Å². The number of aryl methyl sites for hydroxylation is 4. The van der Waals surface area contributed by atoms with E-state index < -0.39 is 0 Å². The van der Waals surface area contributed by atoms with Crippen LogP contribution in [-0.4, -0.2) is 26.6 Å². The van der Waals surface area contributed by atoms with Crippen molar-refractivity contribution in [3.05, 3.63) is 89.0 Å². The molecule has 0 aliphatic heterocycles. The van der Waals surface area contributed by atoms with Crippen LogP contribution < -0.4 is 14.2 Å². The summed E-state index contributed by atoms with van der Waals surface area (Å²) in [7, 11) is 0. The lowest BCUT2D eigenvalue weighted by Crippen LogP contribution is -2.12. The fraction of sp³-hybridized carbons (Fsp3) is 0.455. The minimum atomic E-state index is 0.353. The molecule has 0 bridgehead atoms. The van der Waals surface area contributed by atoms with E-state index in [1.807, 2.05) is 48.5 Å². The maximum Gasteiger partial charge on any atom is 0.189 e. The molecule has 0 aliphatic rings. The Hall–Kier alpha value is -2.98. The quantitative estimate of drug-likeness (QED) is 0.162. The second-order valence-electron chi connectivity index (χ2n) is 9.64. The van der Waals surface area contributed by atoms with Crippen LogP contribution in [0.4, 0.5) is 0 Å². The van der Waals surface area contributed by atoms with Crippen molar-refractivity contribution in [1.82, 2.24) is 0 Å². The zero-order chi connectivity index (χ0) is 26.9. The number of rotatable bonds is 14. The highest BCUT2D eigenvalue weighted by Crippen LogP contribution is 2.19. The Bertz CT molecular complexity index is 1010. The third-order valence-electron chi connectivity index (χ3n) is 6.16. The molecule has 0 amide bonds. The predicted molar refractivity (Wildman–Crippen MR) is 154 cm³/mol. The van der Waals surface area contributed by atoms with E-state index in [0.717, 1.165) is 29.4 Å². The van der Waals surface area contributed by atoms with E-state index in [4.69, 9.17) is 18.9 Å². The van der Waals surface area contributed by atoms with E-state index in [0.29, 0.717) is 25.9 Å². The van der Waals surface area contributed by atoms with Crippen molar-refractivity contribution >= 4 is 0 Å². The van der Waals surface area contributed by atoms with Gasteiger partial charge in [-0.05, 0) is 81.5 Å². The summed E-state index contributed by atoms with van der Waals surface area (Å²) in [5.41, 5.74) is 4.86. The van der Waals surface area contributed by atoms with Crippen LogP contribution in [0.1, 0.15) is 61.8 Å². The maximum atomic E-state index is 5.72. The number of hydrogen-bond acceptors (Lipinski definition) is 4. The smallest absolute Gasteiger partial charge is 0.189 e. The van der Waals surface area contributed by atoms with E-state index >= 15 is 0 Å². The Morgan fingerprint density at radius 1 is 0.676 bits per heavy atom. The van der Waals surface area contributed by atoms with Gasteiger partial charge in [0.2, 0.25) is 0 Å². The monoisotopic (exact) mass is 506 g/mol. The lowest BCUT2D eigenvalue weighted by molar-refractivity contribution is -0.00446. The van der Waals surface area contributed by atoms with Crippen LogP contribution >= 0.6 is 0 Å². The summed E-state index contributed by atoms with van der Waals surface area (Å²) in [6, 6.07) is 22.3. The number of ether oxygens (including phenoxy) is 4. The van der Waals surface area contributed by atoms with Crippen LogP contribution in [0.5, 0.6) is 17.2 Å². The zero-order valence-corrected chi connectivity index (χ0v) is 23.7. The zero-order valence-electron chi connectivity index (χ0n) is 23.7. The van der Waals surface area contributed by atoms with E-state index in [-0.39, 0.29) is 0 Å². The van der Waals surface area contributed by atoms with Gasteiger partial charge in [-0.3, -0.25) is 0 Å². The Morgan fingerprint density at radius 3 is 2.05 bits per heavy atom. The van der Waals surface area contributed by atoms with Crippen LogP contribution in [0.15, 0.2) is 66.7 Å².